The minimum absolute atomic E-state index is 0.148. The molecule has 0 spiro atoms. The summed E-state index contributed by atoms with van der Waals surface area (Å²) in [6, 6.07) is 18.7. The summed E-state index contributed by atoms with van der Waals surface area (Å²) in [5, 5.41) is 10.3. The van der Waals surface area contributed by atoms with E-state index in [0.29, 0.717) is 11.3 Å². The van der Waals surface area contributed by atoms with Gasteiger partial charge >= 0.3 is 5.97 Å². The molecule has 1 N–H and O–H groups in total. The number of aromatic amines is 1. The van der Waals surface area contributed by atoms with Crippen molar-refractivity contribution < 1.29 is 14.3 Å². The third kappa shape index (κ3) is 4.23. The number of hydrogen-bond donors (Lipinski definition) is 1. The molecule has 6 heteroatoms. The summed E-state index contributed by atoms with van der Waals surface area (Å²) < 4.78 is 4.96. The largest absolute Gasteiger partial charge is 0.462 e. The topological polar surface area (TPSA) is 82.9 Å². The second-order valence-electron chi connectivity index (χ2n) is 6.33. The quantitative estimate of drug-likeness (QED) is 0.269. The van der Waals surface area contributed by atoms with Crippen LogP contribution in [0.2, 0.25) is 0 Å². The van der Waals surface area contributed by atoms with E-state index >= 15 is 0 Å². The molecule has 3 aromatic rings. The molecule has 3 rings (SSSR count). The highest BCUT2D eigenvalue weighted by atomic mass is 35.5. The van der Waals surface area contributed by atoms with Gasteiger partial charge in [-0.2, -0.15) is 5.26 Å². The Balaban J connectivity index is 2.28. The van der Waals surface area contributed by atoms with Crippen LogP contribution in [-0.2, 0) is 14.3 Å². The van der Waals surface area contributed by atoms with E-state index in [2.05, 4.69) is 4.98 Å². The summed E-state index contributed by atoms with van der Waals surface area (Å²) in [5.41, 5.74) is 2.60. The number of esters is 1. The highest BCUT2D eigenvalue weighted by Crippen LogP contribution is 2.36. The Labute approximate surface area is 173 Å². The molecule has 0 aliphatic rings. The van der Waals surface area contributed by atoms with Crippen LogP contribution in [-0.4, -0.2) is 29.2 Å². The van der Waals surface area contributed by atoms with Crippen molar-refractivity contribution in [2.45, 2.75) is 12.8 Å². The van der Waals surface area contributed by atoms with Gasteiger partial charge in [0, 0.05) is 16.6 Å². The van der Waals surface area contributed by atoms with E-state index in [1.165, 1.54) is 6.08 Å². The second-order valence-corrected chi connectivity index (χ2v) is 6.60. The summed E-state index contributed by atoms with van der Waals surface area (Å²) in [6.45, 7) is 1.83. The number of rotatable bonds is 7. The number of fused-ring (bicyclic) bond motifs is 1. The van der Waals surface area contributed by atoms with Crippen molar-refractivity contribution in [1.82, 2.24) is 4.98 Å². The van der Waals surface area contributed by atoms with Crippen LogP contribution in [0.1, 0.15) is 29.7 Å². The second kappa shape index (κ2) is 9.22. The highest BCUT2D eigenvalue weighted by molar-refractivity contribution is 6.29. The Morgan fingerprint density at radius 2 is 1.86 bits per heavy atom. The summed E-state index contributed by atoms with van der Waals surface area (Å²) in [6.07, 6.45) is 1.44. The van der Waals surface area contributed by atoms with E-state index in [1.54, 1.807) is 6.92 Å². The number of ether oxygens (including phenoxy) is 1. The third-order valence-electron chi connectivity index (χ3n) is 4.56. The number of aromatic nitrogens is 1. The van der Waals surface area contributed by atoms with Gasteiger partial charge in [0.2, 0.25) is 0 Å². The van der Waals surface area contributed by atoms with E-state index in [1.807, 2.05) is 60.7 Å². The zero-order chi connectivity index (χ0) is 20.8. The lowest BCUT2D eigenvalue weighted by atomic mass is 9.86. The maximum atomic E-state index is 12.9. The number of para-hydroxylation sites is 1. The third-order valence-corrected chi connectivity index (χ3v) is 4.82. The molecule has 0 aliphatic heterocycles. The first kappa shape index (κ1) is 20.4. The van der Waals surface area contributed by atoms with Crippen molar-refractivity contribution in [2.75, 3.05) is 12.5 Å². The average molecular weight is 407 g/mol. The molecule has 0 fully saturated rings. The predicted molar refractivity (Wildman–Crippen MR) is 113 cm³/mol. The Morgan fingerprint density at radius 3 is 2.52 bits per heavy atom. The number of alkyl halides is 1. The number of nitrogens with zero attached hydrogens (tertiary/aromatic N) is 1. The van der Waals surface area contributed by atoms with Gasteiger partial charge in [-0.1, -0.05) is 48.5 Å². The van der Waals surface area contributed by atoms with Crippen molar-refractivity contribution in [3.63, 3.8) is 0 Å². The van der Waals surface area contributed by atoms with Crippen LogP contribution in [0.15, 0.2) is 60.2 Å². The van der Waals surface area contributed by atoms with Crippen LogP contribution in [0, 0.1) is 11.3 Å². The van der Waals surface area contributed by atoms with E-state index in [0.717, 1.165) is 16.5 Å². The molecule has 0 amide bonds. The van der Waals surface area contributed by atoms with E-state index < -0.39 is 11.9 Å². The Hall–Kier alpha value is -3.36. The van der Waals surface area contributed by atoms with Crippen molar-refractivity contribution in [3.05, 3.63) is 77.0 Å². The van der Waals surface area contributed by atoms with Gasteiger partial charge in [0.25, 0.3) is 0 Å². The van der Waals surface area contributed by atoms with Crippen LogP contribution in [0.5, 0.6) is 0 Å². The van der Waals surface area contributed by atoms with Gasteiger partial charge in [0.1, 0.15) is 11.6 Å². The van der Waals surface area contributed by atoms with Gasteiger partial charge < -0.3 is 9.72 Å². The number of ketones is 1. The monoisotopic (exact) mass is 406 g/mol. The molecule has 0 bridgehead atoms. The molecule has 1 atom stereocenters. The fourth-order valence-electron chi connectivity index (χ4n) is 3.34. The molecule has 2 aromatic carbocycles. The predicted octanol–water partition coefficient (Wildman–Crippen LogP) is 4.58. The number of halogens is 1. The van der Waals surface area contributed by atoms with Crippen molar-refractivity contribution >= 4 is 40.3 Å². The maximum absolute atomic E-state index is 12.9. The fraction of sp³-hybridized carbons (Fsp3) is 0.174. The molecule has 5 nitrogen and oxygen atoms in total. The van der Waals surface area contributed by atoms with E-state index in [9.17, 15) is 14.9 Å². The molecular weight excluding hydrogens is 388 g/mol. The zero-order valence-corrected chi connectivity index (χ0v) is 16.6. The van der Waals surface area contributed by atoms with Gasteiger partial charge in [-0.05, 0) is 30.2 Å². The van der Waals surface area contributed by atoms with Crippen LogP contribution in [0.25, 0.3) is 17.0 Å². The van der Waals surface area contributed by atoms with Crippen molar-refractivity contribution in [2.24, 2.45) is 0 Å². The van der Waals surface area contributed by atoms with Gasteiger partial charge in [-0.15, -0.1) is 11.6 Å². The van der Waals surface area contributed by atoms with Crippen molar-refractivity contribution in [3.8, 4) is 6.07 Å². The maximum Gasteiger partial charge on any atom is 0.348 e. The first-order valence-electron chi connectivity index (χ1n) is 9.13. The Kier molecular flexibility index (Phi) is 6.48. The van der Waals surface area contributed by atoms with Crippen LogP contribution >= 0.6 is 11.6 Å². The lowest BCUT2D eigenvalue weighted by molar-refractivity contribution is -0.137. The highest BCUT2D eigenvalue weighted by Gasteiger charge is 2.28. The van der Waals surface area contributed by atoms with Crippen molar-refractivity contribution in [1.29, 1.82) is 5.26 Å². The van der Waals surface area contributed by atoms with Gasteiger partial charge in [-0.3, -0.25) is 4.79 Å². The summed E-state index contributed by atoms with van der Waals surface area (Å²) in [4.78, 5) is 28.2. The molecule has 0 saturated carbocycles. The molecule has 1 aromatic heterocycles. The standard InChI is InChI=1S/C23H19ClN2O3/c1-2-29-23(28)16(14-25)12-19-22(17-10-6-7-11-18(17)26-19)21(20(27)13-24)15-8-4-3-5-9-15/h3-12,21,26H,2,13H2,1H3/b16-12-/t21-/m0/s1. The lowest BCUT2D eigenvalue weighted by Gasteiger charge is -2.16. The summed E-state index contributed by atoms with van der Waals surface area (Å²) in [7, 11) is 0. The molecule has 1 heterocycles. The van der Waals surface area contributed by atoms with Gasteiger partial charge in [0.05, 0.1) is 18.4 Å². The molecule has 0 radical (unpaired) electrons. The van der Waals surface area contributed by atoms with Gasteiger partial charge in [0.15, 0.2) is 5.78 Å². The first-order valence-corrected chi connectivity index (χ1v) is 9.67. The summed E-state index contributed by atoms with van der Waals surface area (Å²) in [5.74, 6) is -1.68. The molecule has 0 saturated heterocycles. The molecule has 0 aliphatic carbocycles. The van der Waals surface area contributed by atoms with E-state index in [4.69, 9.17) is 16.3 Å². The Morgan fingerprint density at radius 1 is 1.17 bits per heavy atom. The number of hydrogen-bond acceptors (Lipinski definition) is 4. The van der Waals surface area contributed by atoms with Crippen LogP contribution < -0.4 is 0 Å². The number of H-pyrrole nitrogens is 1. The minimum Gasteiger partial charge on any atom is -0.462 e. The van der Waals surface area contributed by atoms with E-state index in [-0.39, 0.29) is 23.8 Å². The molecular formula is C23H19ClN2O3. The molecule has 0 unspecified atom stereocenters. The smallest absolute Gasteiger partial charge is 0.348 e. The number of carbonyl (C=O) groups is 2. The SMILES string of the molecule is CCOC(=O)/C(C#N)=C\c1[nH]c2ccccc2c1[C@H](C(=O)CCl)c1ccccc1. The number of carbonyl (C=O) groups excluding carboxylic acids is 2. The average Bonchev–Trinajstić information content (AvgIpc) is 3.11. The fourth-order valence-corrected chi connectivity index (χ4v) is 3.49. The Bertz CT molecular complexity index is 1110. The zero-order valence-electron chi connectivity index (χ0n) is 15.8. The summed E-state index contributed by atoms with van der Waals surface area (Å²) >= 11 is 5.94. The number of benzene rings is 2. The van der Waals surface area contributed by atoms with Gasteiger partial charge in [-0.25, -0.2) is 4.79 Å². The molecule has 146 valence electrons. The first-order chi connectivity index (χ1) is 14.1. The number of nitriles is 1. The normalized spacial score (nSPS) is 12.4. The minimum atomic E-state index is -0.709. The lowest BCUT2D eigenvalue weighted by Crippen LogP contribution is -2.16. The van der Waals surface area contributed by atoms with Crippen LogP contribution in [0.4, 0.5) is 0 Å². The number of Topliss-reactive ketones (excluding diaryl/α,β-unsaturated/α-hetero) is 1. The molecule has 29 heavy (non-hydrogen) atoms. The number of nitrogens with one attached hydrogen (secondary N) is 1. The van der Waals surface area contributed by atoms with Crippen LogP contribution in [0.3, 0.4) is 0 Å².